The molecule has 4 nitrogen and oxygen atoms in total. The van der Waals surface area contributed by atoms with Crippen molar-refractivity contribution in [2.24, 2.45) is 0 Å². The molecule has 2 aliphatic rings. The van der Waals surface area contributed by atoms with E-state index in [2.05, 4.69) is 60.0 Å². The highest BCUT2D eigenvalue weighted by atomic mass is 16.5. The van der Waals surface area contributed by atoms with Crippen LogP contribution in [0.15, 0.2) is 48.5 Å². The summed E-state index contributed by atoms with van der Waals surface area (Å²) < 4.78 is 11.3. The highest BCUT2D eigenvalue weighted by molar-refractivity contribution is 5.65. The third kappa shape index (κ3) is 5.19. The summed E-state index contributed by atoms with van der Waals surface area (Å²) in [5, 5.41) is 0. The number of piperidine rings is 1. The zero-order valence-corrected chi connectivity index (χ0v) is 18.0. The minimum Gasteiger partial charge on any atom is -0.497 e. The Hall–Kier alpha value is -1.88. The van der Waals surface area contributed by atoms with Crippen molar-refractivity contribution in [1.29, 1.82) is 0 Å². The summed E-state index contributed by atoms with van der Waals surface area (Å²) >= 11 is 0. The van der Waals surface area contributed by atoms with Crippen molar-refractivity contribution in [2.45, 2.75) is 51.5 Å². The first-order valence-corrected chi connectivity index (χ1v) is 11.0. The van der Waals surface area contributed by atoms with Crippen molar-refractivity contribution in [3.63, 3.8) is 0 Å². The summed E-state index contributed by atoms with van der Waals surface area (Å²) in [7, 11) is 1.71. The van der Waals surface area contributed by atoms with Crippen LogP contribution in [-0.4, -0.2) is 61.3 Å². The van der Waals surface area contributed by atoms with Gasteiger partial charge in [0.1, 0.15) is 5.75 Å². The van der Waals surface area contributed by atoms with Gasteiger partial charge in [-0.05, 0) is 68.6 Å². The van der Waals surface area contributed by atoms with Crippen molar-refractivity contribution >= 4 is 0 Å². The van der Waals surface area contributed by atoms with Crippen molar-refractivity contribution in [3.8, 4) is 16.9 Å². The SMILES string of the molecule is COc1cccc(-c2ccc(CN3CCC(N4CC(C)OC(C)C4)CC3)cc2)c1. The largest absolute Gasteiger partial charge is 0.497 e. The number of benzene rings is 2. The van der Waals surface area contributed by atoms with E-state index in [-0.39, 0.29) is 0 Å². The van der Waals surface area contributed by atoms with Gasteiger partial charge in [0.2, 0.25) is 0 Å². The topological polar surface area (TPSA) is 24.9 Å². The Kier molecular flexibility index (Phi) is 6.53. The number of nitrogens with zero attached hydrogens (tertiary/aromatic N) is 2. The van der Waals surface area contributed by atoms with E-state index in [9.17, 15) is 0 Å². The van der Waals surface area contributed by atoms with Crippen molar-refractivity contribution in [1.82, 2.24) is 9.80 Å². The van der Waals surface area contributed by atoms with E-state index < -0.39 is 0 Å². The number of hydrogen-bond acceptors (Lipinski definition) is 4. The van der Waals surface area contributed by atoms with Gasteiger partial charge in [0.25, 0.3) is 0 Å². The second kappa shape index (κ2) is 9.29. The number of likely N-dealkylation sites (tertiary alicyclic amines) is 1. The lowest BCUT2D eigenvalue weighted by molar-refractivity contribution is -0.0865. The van der Waals surface area contributed by atoms with Gasteiger partial charge < -0.3 is 9.47 Å². The maximum absolute atomic E-state index is 5.90. The van der Waals surface area contributed by atoms with Gasteiger partial charge >= 0.3 is 0 Å². The summed E-state index contributed by atoms with van der Waals surface area (Å²) in [6.07, 6.45) is 3.25. The monoisotopic (exact) mass is 394 g/mol. The lowest BCUT2D eigenvalue weighted by Crippen LogP contribution is -2.53. The van der Waals surface area contributed by atoms with E-state index in [4.69, 9.17) is 9.47 Å². The lowest BCUT2D eigenvalue weighted by Gasteiger charge is -2.43. The van der Waals surface area contributed by atoms with Crippen LogP contribution in [0, 0.1) is 0 Å². The molecule has 0 bridgehead atoms. The van der Waals surface area contributed by atoms with Crippen LogP contribution in [0.3, 0.4) is 0 Å². The first-order chi connectivity index (χ1) is 14.1. The summed E-state index contributed by atoms with van der Waals surface area (Å²) in [4.78, 5) is 5.27. The van der Waals surface area contributed by atoms with Gasteiger partial charge in [0, 0.05) is 25.7 Å². The third-order valence-electron chi connectivity index (χ3n) is 6.28. The molecule has 0 saturated carbocycles. The average Bonchev–Trinajstić information content (AvgIpc) is 2.74. The van der Waals surface area contributed by atoms with E-state index in [1.54, 1.807) is 7.11 Å². The molecule has 0 spiro atoms. The number of ether oxygens (including phenoxy) is 2. The number of rotatable bonds is 5. The number of methoxy groups -OCH3 is 1. The predicted octanol–water partition coefficient (Wildman–Crippen LogP) is 4.44. The van der Waals surface area contributed by atoms with E-state index >= 15 is 0 Å². The molecule has 2 heterocycles. The molecular weight excluding hydrogens is 360 g/mol. The van der Waals surface area contributed by atoms with Gasteiger partial charge in [-0.15, -0.1) is 0 Å². The molecular formula is C25H34N2O2. The van der Waals surface area contributed by atoms with Crippen molar-refractivity contribution in [3.05, 3.63) is 54.1 Å². The molecule has 2 aromatic rings. The number of hydrogen-bond donors (Lipinski definition) is 0. The Bertz CT molecular complexity index is 774. The van der Waals surface area contributed by atoms with E-state index in [1.165, 1.54) is 42.6 Å². The molecule has 0 N–H and O–H groups in total. The smallest absolute Gasteiger partial charge is 0.119 e. The van der Waals surface area contributed by atoms with Crippen LogP contribution in [0.5, 0.6) is 5.75 Å². The molecule has 2 aromatic carbocycles. The van der Waals surface area contributed by atoms with Gasteiger partial charge in [0.05, 0.1) is 19.3 Å². The molecule has 4 heteroatoms. The molecule has 2 unspecified atom stereocenters. The second-order valence-corrected chi connectivity index (χ2v) is 8.65. The average molecular weight is 395 g/mol. The van der Waals surface area contributed by atoms with E-state index in [0.29, 0.717) is 12.2 Å². The van der Waals surface area contributed by atoms with Gasteiger partial charge in [-0.2, -0.15) is 0 Å². The number of morpholine rings is 1. The summed E-state index contributed by atoms with van der Waals surface area (Å²) in [5.41, 5.74) is 3.83. The van der Waals surface area contributed by atoms with E-state index in [1.807, 2.05) is 12.1 Å². The van der Waals surface area contributed by atoms with Crippen LogP contribution in [0.25, 0.3) is 11.1 Å². The van der Waals surface area contributed by atoms with Crippen LogP contribution in [0.1, 0.15) is 32.3 Å². The maximum Gasteiger partial charge on any atom is 0.119 e. The second-order valence-electron chi connectivity index (χ2n) is 8.65. The Morgan fingerprint density at radius 3 is 2.28 bits per heavy atom. The van der Waals surface area contributed by atoms with Gasteiger partial charge in [-0.3, -0.25) is 9.80 Å². The highest BCUT2D eigenvalue weighted by Gasteiger charge is 2.30. The van der Waals surface area contributed by atoms with Crippen LogP contribution in [-0.2, 0) is 11.3 Å². The minimum absolute atomic E-state index is 0.361. The first kappa shape index (κ1) is 20.4. The Balaban J connectivity index is 1.30. The van der Waals surface area contributed by atoms with Crippen LogP contribution < -0.4 is 4.74 Å². The minimum atomic E-state index is 0.361. The quantitative estimate of drug-likeness (QED) is 0.749. The Morgan fingerprint density at radius 1 is 0.931 bits per heavy atom. The van der Waals surface area contributed by atoms with Crippen molar-refractivity contribution < 1.29 is 9.47 Å². The fraction of sp³-hybridized carbons (Fsp3) is 0.520. The molecule has 156 valence electrons. The van der Waals surface area contributed by atoms with Gasteiger partial charge in [0.15, 0.2) is 0 Å². The van der Waals surface area contributed by atoms with Crippen molar-refractivity contribution in [2.75, 3.05) is 33.3 Å². The molecule has 29 heavy (non-hydrogen) atoms. The maximum atomic E-state index is 5.90. The summed E-state index contributed by atoms with van der Waals surface area (Å²) in [6, 6.07) is 18.0. The normalized spacial score (nSPS) is 24.5. The molecule has 2 fully saturated rings. The third-order valence-corrected chi connectivity index (χ3v) is 6.28. The van der Waals surface area contributed by atoms with Crippen LogP contribution >= 0.6 is 0 Å². The molecule has 0 radical (unpaired) electrons. The predicted molar refractivity (Wildman–Crippen MR) is 118 cm³/mol. The Morgan fingerprint density at radius 2 is 1.62 bits per heavy atom. The van der Waals surface area contributed by atoms with Crippen LogP contribution in [0.2, 0.25) is 0 Å². The molecule has 2 atom stereocenters. The zero-order valence-electron chi connectivity index (χ0n) is 18.0. The summed E-state index contributed by atoms with van der Waals surface area (Å²) in [5.74, 6) is 0.901. The fourth-order valence-electron chi connectivity index (χ4n) is 4.82. The van der Waals surface area contributed by atoms with Crippen LogP contribution in [0.4, 0.5) is 0 Å². The van der Waals surface area contributed by atoms with E-state index in [0.717, 1.165) is 31.4 Å². The first-order valence-electron chi connectivity index (χ1n) is 11.0. The molecule has 2 saturated heterocycles. The Labute approximate surface area is 175 Å². The van der Waals surface area contributed by atoms with Gasteiger partial charge in [-0.1, -0.05) is 36.4 Å². The standard InChI is InChI=1S/C25H34N2O2/c1-19-16-27(17-20(2)29-19)24-11-13-26(14-12-24)18-21-7-9-22(10-8-21)23-5-4-6-25(15-23)28-3/h4-10,15,19-20,24H,11-14,16-18H2,1-3H3. The molecule has 0 aromatic heterocycles. The highest BCUT2D eigenvalue weighted by Crippen LogP contribution is 2.25. The van der Waals surface area contributed by atoms with Gasteiger partial charge in [-0.25, -0.2) is 0 Å². The molecule has 4 rings (SSSR count). The molecule has 0 amide bonds. The molecule has 2 aliphatic heterocycles. The summed E-state index contributed by atoms with van der Waals surface area (Å²) in [6.45, 7) is 9.98. The lowest BCUT2D eigenvalue weighted by atomic mass is 10.00. The molecule has 0 aliphatic carbocycles. The zero-order chi connectivity index (χ0) is 20.2. The fourth-order valence-corrected chi connectivity index (χ4v) is 4.82.